The van der Waals surface area contributed by atoms with Crippen LogP contribution in [0, 0.1) is 0 Å². The molecular formula is C21H34N4O4S. The van der Waals surface area contributed by atoms with Crippen LogP contribution >= 0.6 is 0 Å². The maximum Gasteiger partial charge on any atom is 0.238 e. The molecule has 2 aliphatic heterocycles. The Balaban J connectivity index is 1.52. The van der Waals surface area contributed by atoms with Gasteiger partial charge in [0.2, 0.25) is 10.0 Å². The summed E-state index contributed by atoms with van der Waals surface area (Å²) in [6.07, 6.45) is 5.92. The SMILES string of the molecule is CCNC(=NCc1cccc(S(N)(=O)=O)c1)N1CCC(OCC2CCCCO2)CC1. The second kappa shape index (κ2) is 11.1. The number of rotatable bonds is 7. The predicted octanol–water partition coefficient (Wildman–Crippen LogP) is 1.85. The van der Waals surface area contributed by atoms with E-state index in [1.807, 2.05) is 13.0 Å². The summed E-state index contributed by atoms with van der Waals surface area (Å²) in [6, 6.07) is 6.62. The van der Waals surface area contributed by atoms with E-state index in [2.05, 4.69) is 10.2 Å². The van der Waals surface area contributed by atoms with Gasteiger partial charge in [-0.25, -0.2) is 18.5 Å². The minimum atomic E-state index is -3.71. The Morgan fingerprint density at radius 2 is 2.10 bits per heavy atom. The minimum Gasteiger partial charge on any atom is -0.376 e. The van der Waals surface area contributed by atoms with Gasteiger partial charge in [-0.05, 0) is 56.7 Å². The van der Waals surface area contributed by atoms with E-state index in [0.717, 1.165) is 63.4 Å². The first-order chi connectivity index (χ1) is 14.5. The molecule has 0 amide bonds. The molecule has 9 heteroatoms. The standard InChI is InChI=1S/C21H34N4O4S/c1-2-23-21(24-15-17-6-5-8-20(14-17)30(22,26)27)25-11-9-18(10-12-25)29-16-19-7-3-4-13-28-19/h5-6,8,14,18-19H,2-4,7,9-13,15-16H2,1H3,(H,23,24)(H2,22,26,27). The minimum absolute atomic E-state index is 0.111. The number of aliphatic imine (C=N–C) groups is 1. The Labute approximate surface area is 179 Å². The third kappa shape index (κ3) is 6.94. The fraction of sp³-hybridized carbons (Fsp3) is 0.667. The molecule has 0 aromatic heterocycles. The van der Waals surface area contributed by atoms with Crippen LogP contribution in [0.25, 0.3) is 0 Å². The van der Waals surface area contributed by atoms with Crippen LogP contribution in [-0.2, 0) is 26.0 Å². The van der Waals surface area contributed by atoms with E-state index in [4.69, 9.17) is 19.6 Å². The van der Waals surface area contributed by atoms with Crippen LogP contribution in [0.5, 0.6) is 0 Å². The van der Waals surface area contributed by atoms with Gasteiger partial charge in [-0.2, -0.15) is 0 Å². The zero-order chi connectivity index (χ0) is 21.4. The topological polar surface area (TPSA) is 106 Å². The number of likely N-dealkylation sites (tertiary alicyclic amines) is 1. The summed E-state index contributed by atoms with van der Waals surface area (Å²) in [5, 5.41) is 8.57. The smallest absolute Gasteiger partial charge is 0.238 e. The number of benzene rings is 1. The molecule has 2 fully saturated rings. The summed E-state index contributed by atoms with van der Waals surface area (Å²) < 4.78 is 35.0. The van der Waals surface area contributed by atoms with E-state index in [1.54, 1.807) is 12.1 Å². The van der Waals surface area contributed by atoms with Crippen LogP contribution in [0.4, 0.5) is 0 Å². The molecule has 2 heterocycles. The molecule has 30 heavy (non-hydrogen) atoms. The predicted molar refractivity (Wildman–Crippen MR) is 117 cm³/mol. The van der Waals surface area contributed by atoms with Gasteiger partial charge in [0, 0.05) is 26.2 Å². The third-order valence-electron chi connectivity index (χ3n) is 5.51. The van der Waals surface area contributed by atoms with Crippen LogP contribution in [-0.4, -0.2) is 64.3 Å². The normalized spacial score (nSPS) is 21.6. The Bertz CT molecular complexity index is 801. The Morgan fingerprint density at radius 1 is 1.30 bits per heavy atom. The number of piperidine rings is 1. The molecule has 2 aliphatic rings. The van der Waals surface area contributed by atoms with Gasteiger partial charge in [0.15, 0.2) is 5.96 Å². The summed E-state index contributed by atoms with van der Waals surface area (Å²) in [5.41, 5.74) is 0.808. The molecule has 0 bridgehead atoms. The lowest BCUT2D eigenvalue weighted by Crippen LogP contribution is -2.47. The monoisotopic (exact) mass is 438 g/mol. The van der Waals surface area contributed by atoms with Gasteiger partial charge in [0.25, 0.3) is 0 Å². The van der Waals surface area contributed by atoms with Crippen LogP contribution in [0.1, 0.15) is 44.6 Å². The largest absolute Gasteiger partial charge is 0.376 e. The molecule has 3 rings (SSSR count). The van der Waals surface area contributed by atoms with Crippen molar-refractivity contribution in [3.05, 3.63) is 29.8 Å². The fourth-order valence-electron chi connectivity index (χ4n) is 3.83. The second-order valence-corrected chi connectivity index (χ2v) is 9.43. The highest BCUT2D eigenvalue weighted by molar-refractivity contribution is 7.89. The second-order valence-electron chi connectivity index (χ2n) is 7.87. The van der Waals surface area contributed by atoms with Gasteiger partial charge in [-0.15, -0.1) is 0 Å². The van der Waals surface area contributed by atoms with Crippen LogP contribution < -0.4 is 10.5 Å². The lowest BCUT2D eigenvalue weighted by molar-refractivity contribution is -0.0721. The van der Waals surface area contributed by atoms with Crippen molar-refractivity contribution in [3.63, 3.8) is 0 Å². The Kier molecular flexibility index (Phi) is 8.50. The van der Waals surface area contributed by atoms with E-state index in [0.29, 0.717) is 13.2 Å². The van der Waals surface area contributed by atoms with Crippen molar-refractivity contribution in [1.82, 2.24) is 10.2 Å². The van der Waals surface area contributed by atoms with Crippen molar-refractivity contribution >= 4 is 16.0 Å². The van der Waals surface area contributed by atoms with E-state index in [-0.39, 0.29) is 17.1 Å². The number of hydrogen-bond acceptors (Lipinski definition) is 5. The van der Waals surface area contributed by atoms with Crippen LogP contribution in [0.2, 0.25) is 0 Å². The quantitative estimate of drug-likeness (QED) is 0.497. The average molecular weight is 439 g/mol. The molecule has 1 atom stereocenters. The molecule has 0 aliphatic carbocycles. The molecule has 0 saturated carbocycles. The van der Waals surface area contributed by atoms with Crippen LogP contribution in [0.15, 0.2) is 34.2 Å². The molecular weight excluding hydrogens is 404 g/mol. The van der Waals surface area contributed by atoms with Crippen molar-refractivity contribution in [2.75, 3.05) is 32.8 Å². The summed E-state index contributed by atoms with van der Waals surface area (Å²) >= 11 is 0. The van der Waals surface area contributed by atoms with E-state index in [1.165, 1.54) is 12.5 Å². The zero-order valence-electron chi connectivity index (χ0n) is 17.8. The lowest BCUT2D eigenvalue weighted by Gasteiger charge is -2.35. The number of nitrogens with zero attached hydrogens (tertiary/aromatic N) is 2. The molecule has 8 nitrogen and oxygen atoms in total. The van der Waals surface area contributed by atoms with E-state index in [9.17, 15) is 8.42 Å². The maximum absolute atomic E-state index is 11.6. The van der Waals surface area contributed by atoms with Gasteiger partial charge in [-0.1, -0.05) is 12.1 Å². The highest BCUT2D eigenvalue weighted by atomic mass is 32.2. The summed E-state index contributed by atoms with van der Waals surface area (Å²) in [7, 11) is -3.71. The zero-order valence-corrected chi connectivity index (χ0v) is 18.6. The molecule has 168 valence electrons. The van der Waals surface area contributed by atoms with Gasteiger partial charge < -0.3 is 19.7 Å². The molecule has 0 radical (unpaired) electrons. The average Bonchev–Trinajstić information content (AvgIpc) is 2.76. The first-order valence-corrected chi connectivity index (χ1v) is 12.4. The van der Waals surface area contributed by atoms with Crippen molar-refractivity contribution in [2.45, 2.75) is 62.7 Å². The Hall–Kier alpha value is -1.68. The van der Waals surface area contributed by atoms with Gasteiger partial charge >= 0.3 is 0 Å². The number of guanidine groups is 1. The van der Waals surface area contributed by atoms with Crippen molar-refractivity contribution < 1.29 is 17.9 Å². The molecule has 1 unspecified atom stereocenters. The molecule has 3 N–H and O–H groups in total. The number of sulfonamides is 1. The van der Waals surface area contributed by atoms with Crippen molar-refractivity contribution in [3.8, 4) is 0 Å². The first kappa shape index (κ1) is 23.0. The maximum atomic E-state index is 11.6. The number of nitrogens with two attached hydrogens (primary N) is 1. The highest BCUT2D eigenvalue weighted by Crippen LogP contribution is 2.18. The van der Waals surface area contributed by atoms with Crippen LogP contribution in [0.3, 0.4) is 0 Å². The number of nitrogens with one attached hydrogen (secondary N) is 1. The lowest BCUT2D eigenvalue weighted by atomic mass is 10.1. The highest BCUT2D eigenvalue weighted by Gasteiger charge is 2.23. The van der Waals surface area contributed by atoms with Gasteiger partial charge in [0.05, 0.1) is 30.3 Å². The van der Waals surface area contributed by atoms with Gasteiger partial charge in [0.1, 0.15) is 0 Å². The van der Waals surface area contributed by atoms with Crippen molar-refractivity contribution in [2.24, 2.45) is 10.1 Å². The third-order valence-corrected chi connectivity index (χ3v) is 6.42. The number of hydrogen-bond donors (Lipinski definition) is 2. The number of primary sulfonamides is 1. The molecule has 2 saturated heterocycles. The Morgan fingerprint density at radius 3 is 2.77 bits per heavy atom. The summed E-state index contributed by atoms with van der Waals surface area (Å²) in [6.45, 7) is 6.50. The molecule has 1 aromatic carbocycles. The molecule has 1 aromatic rings. The first-order valence-electron chi connectivity index (χ1n) is 10.8. The van der Waals surface area contributed by atoms with Gasteiger partial charge in [-0.3, -0.25) is 0 Å². The van der Waals surface area contributed by atoms with Crippen molar-refractivity contribution in [1.29, 1.82) is 0 Å². The molecule has 0 spiro atoms. The number of ether oxygens (including phenoxy) is 2. The summed E-state index contributed by atoms with van der Waals surface area (Å²) in [5.74, 6) is 0.840. The van der Waals surface area contributed by atoms with E-state index < -0.39 is 10.0 Å². The summed E-state index contributed by atoms with van der Waals surface area (Å²) in [4.78, 5) is 7.06. The van der Waals surface area contributed by atoms with E-state index >= 15 is 0 Å². The fourth-order valence-corrected chi connectivity index (χ4v) is 4.41.